The second-order valence-corrected chi connectivity index (χ2v) is 5.93. The van der Waals surface area contributed by atoms with Gasteiger partial charge in [0.25, 0.3) is 0 Å². The molecule has 1 aliphatic rings. The number of aromatic nitrogens is 3. The van der Waals surface area contributed by atoms with Crippen molar-refractivity contribution in [1.82, 2.24) is 20.3 Å². The smallest absolute Gasteiger partial charge is 0.232 e. The van der Waals surface area contributed by atoms with Gasteiger partial charge in [0.05, 0.1) is 17.7 Å². The van der Waals surface area contributed by atoms with Gasteiger partial charge in [-0.3, -0.25) is 0 Å². The second kappa shape index (κ2) is 8.17. The Labute approximate surface area is 150 Å². The third-order valence-corrected chi connectivity index (χ3v) is 4.15. The Morgan fingerprint density at radius 3 is 3.00 bits per heavy atom. The maximum atomic E-state index is 7.64. The summed E-state index contributed by atoms with van der Waals surface area (Å²) in [5, 5.41) is 15.0. The van der Waals surface area contributed by atoms with Crippen LogP contribution in [-0.4, -0.2) is 47.0 Å². The number of hydrogen-bond donors (Lipinski definition) is 4. The fraction of sp³-hybridized carbons (Fsp3) is 0.438. The average molecular weight is 365 g/mol. The number of rotatable bonds is 7. The van der Waals surface area contributed by atoms with Gasteiger partial charge in [0.1, 0.15) is 10.8 Å². The highest BCUT2D eigenvalue weighted by Crippen LogP contribution is 2.24. The second-order valence-electron chi connectivity index (χ2n) is 5.55. The molecule has 2 aromatic heterocycles. The summed E-state index contributed by atoms with van der Waals surface area (Å²) in [6.45, 7) is 3.81. The molecule has 0 amide bonds. The normalized spacial score (nSPS) is 16.4. The minimum Gasteiger partial charge on any atom is -0.477 e. The Bertz CT molecular complexity index is 769. The van der Waals surface area contributed by atoms with Crippen molar-refractivity contribution >= 4 is 34.8 Å². The number of aromatic amines is 1. The molecule has 0 spiro atoms. The first kappa shape index (κ1) is 17.5. The van der Waals surface area contributed by atoms with Crippen LogP contribution in [0.3, 0.4) is 0 Å². The van der Waals surface area contributed by atoms with Crippen LogP contribution >= 0.6 is 11.6 Å². The molecule has 0 bridgehead atoms. The summed E-state index contributed by atoms with van der Waals surface area (Å²) < 4.78 is 10.9. The van der Waals surface area contributed by atoms with Gasteiger partial charge in [0, 0.05) is 31.7 Å². The first-order valence-electron chi connectivity index (χ1n) is 8.20. The molecule has 4 N–H and O–H groups in total. The van der Waals surface area contributed by atoms with Gasteiger partial charge >= 0.3 is 0 Å². The van der Waals surface area contributed by atoms with Crippen LogP contribution in [-0.2, 0) is 4.74 Å². The summed E-state index contributed by atoms with van der Waals surface area (Å²) in [6.07, 6.45) is 4.66. The number of hydrogen-bond acceptors (Lipinski definition) is 7. The zero-order chi connectivity index (χ0) is 17.6. The molecule has 1 saturated heterocycles. The Hall–Kier alpha value is -2.32. The van der Waals surface area contributed by atoms with Gasteiger partial charge < -0.3 is 30.5 Å². The molecular formula is C16H21ClN6O2. The summed E-state index contributed by atoms with van der Waals surface area (Å²) in [5.74, 6) is 0.790. The van der Waals surface area contributed by atoms with E-state index in [-0.39, 0.29) is 6.04 Å². The van der Waals surface area contributed by atoms with Crippen molar-refractivity contribution in [3.63, 3.8) is 0 Å². The Balaban J connectivity index is 1.81. The summed E-state index contributed by atoms with van der Waals surface area (Å²) in [4.78, 5) is 11.8. The lowest BCUT2D eigenvalue weighted by Crippen LogP contribution is -2.34. The zero-order valence-corrected chi connectivity index (χ0v) is 14.7. The topological polar surface area (TPSA) is 108 Å². The molecule has 0 aliphatic carbocycles. The van der Waals surface area contributed by atoms with E-state index in [1.54, 1.807) is 6.20 Å². The van der Waals surface area contributed by atoms with E-state index < -0.39 is 0 Å². The number of ether oxygens (including phenoxy) is 2. The molecule has 2 aromatic rings. The van der Waals surface area contributed by atoms with Crippen molar-refractivity contribution in [3.05, 3.63) is 23.1 Å². The van der Waals surface area contributed by atoms with Crippen LogP contribution in [0.5, 0.6) is 5.88 Å². The van der Waals surface area contributed by atoms with Crippen LogP contribution < -0.4 is 15.4 Å². The molecule has 8 nitrogen and oxygen atoms in total. The number of anilines is 1. The van der Waals surface area contributed by atoms with Gasteiger partial charge in [0.2, 0.25) is 11.8 Å². The van der Waals surface area contributed by atoms with E-state index in [1.807, 2.05) is 13.0 Å². The minimum absolute atomic E-state index is 0.226. The highest BCUT2D eigenvalue weighted by molar-refractivity contribution is 6.31. The maximum Gasteiger partial charge on any atom is 0.232 e. The lowest BCUT2D eigenvalue weighted by atomic mass is 10.1. The molecule has 25 heavy (non-hydrogen) atoms. The van der Waals surface area contributed by atoms with Gasteiger partial charge in [-0.25, -0.2) is 0 Å². The fourth-order valence-electron chi connectivity index (χ4n) is 2.59. The van der Waals surface area contributed by atoms with Gasteiger partial charge in [-0.2, -0.15) is 9.97 Å². The van der Waals surface area contributed by atoms with E-state index in [1.165, 1.54) is 0 Å². The summed E-state index contributed by atoms with van der Waals surface area (Å²) >= 11 is 6.35. The van der Waals surface area contributed by atoms with Crippen LogP contribution in [0.15, 0.2) is 23.1 Å². The van der Waals surface area contributed by atoms with E-state index >= 15 is 0 Å². The summed E-state index contributed by atoms with van der Waals surface area (Å²) in [7, 11) is 0. The molecule has 3 heterocycles. The van der Waals surface area contributed by atoms with E-state index in [4.69, 9.17) is 26.5 Å². The monoisotopic (exact) mass is 364 g/mol. The first-order valence-corrected chi connectivity index (χ1v) is 8.58. The highest BCUT2D eigenvalue weighted by atomic mass is 35.5. The molecule has 134 valence electrons. The van der Waals surface area contributed by atoms with Crippen LogP contribution in [0.4, 0.5) is 5.95 Å². The Kier molecular flexibility index (Phi) is 5.72. The van der Waals surface area contributed by atoms with Gasteiger partial charge in [-0.1, -0.05) is 11.6 Å². The number of allylic oxidation sites excluding steroid dienone is 1. The van der Waals surface area contributed by atoms with E-state index in [2.05, 4.69) is 25.6 Å². The number of nitrogens with one attached hydrogen (secondary N) is 4. The molecule has 9 heteroatoms. The van der Waals surface area contributed by atoms with Crippen LogP contribution in [0.25, 0.3) is 11.0 Å². The molecule has 1 aliphatic heterocycles. The van der Waals surface area contributed by atoms with Gasteiger partial charge in [0.15, 0.2) is 0 Å². The molecule has 0 unspecified atom stereocenters. The predicted molar refractivity (Wildman–Crippen MR) is 97.3 cm³/mol. The standard InChI is InChI=1S/C16H21ClN6O2/c1-2-25-15-11-3-6-19-14(11)22-16(23-15)21-12(9-18)13(17)20-10-4-7-24-8-5-10/h3,6,9-10,18,20H,2,4-5,7-8H2,1H3,(H2,19,21,22,23)/b13-12+,18-9?. The van der Waals surface area contributed by atoms with Crippen LogP contribution in [0.2, 0.25) is 0 Å². The van der Waals surface area contributed by atoms with Crippen LogP contribution in [0, 0.1) is 5.41 Å². The first-order chi connectivity index (χ1) is 12.2. The number of H-pyrrole nitrogens is 1. The summed E-state index contributed by atoms with van der Waals surface area (Å²) in [5.41, 5.74) is 1.04. The van der Waals surface area contributed by atoms with Crippen molar-refractivity contribution < 1.29 is 9.47 Å². The molecule has 0 saturated carbocycles. The molecular weight excluding hydrogens is 344 g/mol. The van der Waals surface area contributed by atoms with Crippen LogP contribution in [0.1, 0.15) is 19.8 Å². The summed E-state index contributed by atoms with van der Waals surface area (Å²) in [6, 6.07) is 2.08. The number of halogens is 1. The Morgan fingerprint density at radius 1 is 1.48 bits per heavy atom. The highest BCUT2D eigenvalue weighted by Gasteiger charge is 2.16. The molecule has 0 atom stereocenters. The van der Waals surface area contributed by atoms with Crippen molar-refractivity contribution in [2.75, 3.05) is 25.1 Å². The molecule has 3 rings (SSSR count). The SMILES string of the molecule is CCOc1nc(N/C(C=N)=C(\Cl)NC2CCOCC2)nc2[nH]ccc12. The van der Waals surface area contributed by atoms with E-state index in [0.717, 1.165) is 24.4 Å². The van der Waals surface area contributed by atoms with Crippen molar-refractivity contribution in [3.8, 4) is 5.88 Å². The van der Waals surface area contributed by atoms with E-state index in [0.29, 0.717) is 48.1 Å². The predicted octanol–water partition coefficient (Wildman–Crippen LogP) is 2.59. The zero-order valence-electron chi connectivity index (χ0n) is 13.9. The van der Waals surface area contributed by atoms with Crippen molar-refractivity contribution in [1.29, 1.82) is 5.41 Å². The average Bonchev–Trinajstić information content (AvgIpc) is 3.09. The number of fused-ring (bicyclic) bond motifs is 1. The van der Waals surface area contributed by atoms with E-state index in [9.17, 15) is 0 Å². The van der Waals surface area contributed by atoms with Crippen molar-refractivity contribution in [2.45, 2.75) is 25.8 Å². The Morgan fingerprint density at radius 2 is 2.28 bits per heavy atom. The lowest BCUT2D eigenvalue weighted by molar-refractivity contribution is 0.0809. The van der Waals surface area contributed by atoms with Gasteiger partial charge in [-0.05, 0) is 25.8 Å². The lowest BCUT2D eigenvalue weighted by Gasteiger charge is -2.24. The molecule has 0 aromatic carbocycles. The van der Waals surface area contributed by atoms with Gasteiger partial charge in [-0.15, -0.1) is 0 Å². The third kappa shape index (κ3) is 4.21. The largest absolute Gasteiger partial charge is 0.477 e. The number of nitrogens with zero attached hydrogens (tertiary/aromatic N) is 2. The quantitative estimate of drug-likeness (QED) is 0.444. The minimum atomic E-state index is 0.226. The molecule has 0 radical (unpaired) electrons. The van der Waals surface area contributed by atoms with Crippen molar-refractivity contribution in [2.24, 2.45) is 0 Å². The fourth-order valence-corrected chi connectivity index (χ4v) is 2.85. The molecule has 1 fully saturated rings. The maximum absolute atomic E-state index is 7.64. The third-order valence-electron chi connectivity index (χ3n) is 3.84.